The Morgan fingerprint density at radius 2 is 2.15 bits per heavy atom. The van der Waals surface area contributed by atoms with E-state index in [-0.39, 0.29) is 5.91 Å². The highest BCUT2D eigenvalue weighted by molar-refractivity contribution is 6.34. The van der Waals surface area contributed by atoms with Gasteiger partial charge in [0.2, 0.25) is 0 Å². The fourth-order valence-corrected chi connectivity index (χ4v) is 2.69. The Kier molecular flexibility index (Phi) is 3.32. The molecule has 1 aromatic carbocycles. The van der Waals surface area contributed by atoms with Crippen LogP contribution in [-0.2, 0) is 6.42 Å². The number of aromatic nitrogens is 1. The quantitative estimate of drug-likeness (QED) is 0.877. The number of halogens is 1. The van der Waals surface area contributed by atoms with Gasteiger partial charge in [0.05, 0.1) is 10.6 Å². The molecule has 2 aromatic rings. The highest BCUT2D eigenvalue weighted by atomic mass is 35.5. The van der Waals surface area contributed by atoms with E-state index in [0.29, 0.717) is 22.9 Å². The molecule has 2 N–H and O–H groups in total. The van der Waals surface area contributed by atoms with E-state index in [2.05, 4.69) is 11.1 Å². The van der Waals surface area contributed by atoms with Crippen molar-refractivity contribution in [1.82, 2.24) is 4.98 Å². The van der Waals surface area contributed by atoms with Crippen LogP contribution in [0.4, 0.5) is 11.5 Å². The number of rotatable bonds is 1. The number of aryl methyl sites for hydroxylation is 1. The maximum absolute atomic E-state index is 12.7. The molecular weight excluding hydrogens is 274 g/mol. The van der Waals surface area contributed by atoms with Crippen LogP contribution in [0.5, 0.6) is 0 Å². The Hall–Kier alpha value is -2.07. The summed E-state index contributed by atoms with van der Waals surface area (Å²) in [5, 5.41) is 0.326. The van der Waals surface area contributed by atoms with E-state index >= 15 is 0 Å². The van der Waals surface area contributed by atoms with Gasteiger partial charge in [-0.15, -0.1) is 0 Å². The van der Waals surface area contributed by atoms with Gasteiger partial charge in [-0.05, 0) is 30.5 Å². The fraction of sp³-hybridized carbons (Fsp3) is 0.200. The van der Waals surface area contributed by atoms with E-state index in [4.69, 9.17) is 17.3 Å². The van der Waals surface area contributed by atoms with E-state index in [0.717, 1.165) is 18.5 Å². The zero-order valence-electron chi connectivity index (χ0n) is 10.8. The summed E-state index contributed by atoms with van der Waals surface area (Å²) in [6.45, 7) is 0.689. The summed E-state index contributed by atoms with van der Waals surface area (Å²) in [7, 11) is 0. The lowest BCUT2D eigenvalue weighted by atomic mass is 10.0. The van der Waals surface area contributed by atoms with Gasteiger partial charge >= 0.3 is 0 Å². The van der Waals surface area contributed by atoms with Crippen LogP contribution in [0.2, 0.25) is 5.02 Å². The molecule has 4 nitrogen and oxygen atoms in total. The molecule has 20 heavy (non-hydrogen) atoms. The van der Waals surface area contributed by atoms with Crippen molar-refractivity contribution < 1.29 is 4.79 Å². The predicted molar refractivity (Wildman–Crippen MR) is 80.1 cm³/mol. The lowest BCUT2D eigenvalue weighted by Crippen LogP contribution is -2.35. The standard InChI is InChI=1S/C15H14ClN3O/c16-12-9-18-14(17)8-11(12)15(20)19-7-3-5-10-4-1-2-6-13(10)19/h1-2,4,6,8-9H,3,5,7H2,(H2,17,18). The smallest absolute Gasteiger partial charge is 0.259 e. The van der Waals surface area contributed by atoms with Gasteiger partial charge < -0.3 is 10.6 Å². The van der Waals surface area contributed by atoms with E-state index < -0.39 is 0 Å². The number of amides is 1. The van der Waals surface area contributed by atoms with Gasteiger partial charge in [-0.3, -0.25) is 4.79 Å². The average Bonchev–Trinajstić information content (AvgIpc) is 2.48. The average molecular weight is 288 g/mol. The van der Waals surface area contributed by atoms with Crippen LogP contribution in [0.1, 0.15) is 22.3 Å². The minimum atomic E-state index is -0.128. The third-order valence-electron chi connectivity index (χ3n) is 3.46. The fourth-order valence-electron chi connectivity index (χ4n) is 2.51. The van der Waals surface area contributed by atoms with Crippen LogP contribution in [0, 0.1) is 0 Å². The summed E-state index contributed by atoms with van der Waals surface area (Å²) >= 11 is 6.07. The molecule has 1 aromatic heterocycles. The van der Waals surface area contributed by atoms with Gasteiger partial charge in [0.15, 0.2) is 0 Å². The number of nitrogen functional groups attached to an aromatic ring is 1. The molecule has 2 heterocycles. The van der Waals surface area contributed by atoms with Gasteiger partial charge in [0.1, 0.15) is 5.82 Å². The van der Waals surface area contributed by atoms with Gasteiger partial charge in [-0.1, -0.05) is 29.8 Å². The first-order chi connectivity index (χ1) is 9.66. The number of para-hydroxylation sites is 1. The zero-order chi connectivity index (χ0) is 14.1. The second kappa shape index (κ2) is 5.13. The molecule has 0 aliphatic carbocycles. The second-order valence-corrected chi connectivity index (χ2v) is 5.19. The number of nitrogens with zero attached hydrogens (tertiary/aromatic N) is 2. The molecule has 3 rings (SSSR count). The van der Waals surface area contributed by atoms with Gasteiger partial charge in [0.25, 0.3) is 5.91 Å². The number of benzene rings is 1. The number of hydrogen-bond acceptors (Lipinski definition) is 3. The number of anilines is 2. The molecule has 1 amide bonds. The first-order valence-electron chi connectivity index (χ1n) is 6.47. The van der Waals surface area contributed by atoms with Gasteiger partial charge in [-0.25, -0.2) is 4.98 Å². The summed E-state index contributed by atoms with van der Waals surface area (Å²) in [5.74, 6) is 0.166. The monoisotopic (exact) mass is 287 g/mol. The van der Waals surface area contributed by atoms with Crippen LogP contribution in [-0.4, -0.2) is 17.4 Å². The number of pyridine rings is 1. The van der Waals surface area contributed by atoms with Crippen molar-refractivity contribution >= 4 is 29.0 Å². The highest BCUT2D eigenvalue weighted by Crippen LogP contribution is 2.29. The molecule has 1 aliphatic rings. The molecule has 0 saturated heterocycles. The van der Waals surface area contributed by atoms with E-state index in [9.17, 15) is 4.79 Å². The van der Waals surface area contributed by atoms with Crippen LogP contribution >= 0.6 is 11.6 Å². The van der Waals surface area contributed by atoms with E-state index in [1.807, 2.05) is 18.2 Å². The second-order valence-electron chi connectivity index (χ2n) is 4.78. The molecule has 0 bridgehead atoms. The molecule has 0 atom stereocenters. The lowest BCUT2D eigenvalue weighted by molar-refractivity contribution is 0.0985. The van der Waals surface area contributed by atoms with Crippen molar-refractivity contribution in [2.45, 2.75) is 12.8 Å². The normalized spacial score (nSPS) is 13.9. The molecule has 1 aliphatic heterocycles. The number of carbonyl (C=O) groups is 1. The van der Waals surface area contributed by atoms with Crippen molar-refractivity contribution in [1.29, 1.82) is 0 Å². The van der Waals surface area contributed by atoms with Crippen molar-refractivity contribution in [3.05, 3.63) is 52.7 Å². The predicted octanol–water partition coefficient (Wildman–Crippen LogP) is 2.91. The minimum absolute atomic E-state index is 0.128. The summed E-state index contributed by atoms with van der Waals surface area (Å²) in [4.78, 5) is 18.3. The lowest BCUT2D eigenvalue weighted by Gasteiger charge is -2.29. The summed E-state index contributed by atoms with van der Waals surface area (Å²) in [6.07, 6.45) is 3.35. The Morgan fingerprint density at radius 3 is 3.00 bits per heavy atom. The van der Waals surface area contributed by atoms with Crippen molar-refractivity contribution in [3.8, 4) is 0 Å². The van der Waals surface area contributed by atoms with Crippen molar-refractivity contribution in [2.75, 3.05) is 17.2 Å². The molecule has 102 valence electrons. The number of hydrogen-bond donors (Lipinski definition) is 1. The Bertz CT molecular complexity index is 672. The highest BCUT2D eigenvalue weighted by Gasteiger charge is 2.24. The molecule has 0 spiro atoms. The zero-order valence-corrected chi connectivity index (χ0v) is 11.6. The topological polar surface area (TPSA) is 59.2 Å². The van der Waals surface area contributed by atoms with Crippen LogP contribution in [0.25, 0.3) is 0 Å². The number of fused-ring (bicyclic) bond motifs is 1. The Labute approximate surface area is 122 Å². The largest absolute Gasteiger partial charge is 0.384 e. The molecule has 0 radical (unpaired) electrons. The molecule has 0 unspecified atom stereocenters. The minimum Gasteiger partial charge on any atom is -0.384 e. The summed E-state index contributed by atoms with van der Waals surface area (Å²) in [5.41, 5.74) is 8.19. The van der Waals surface area contributed by atoms with Crippen LogP contribution in [0.3, 0.4) is 0 Å². The SMILES string of the molecule is Nc1cc(C(=O)N2CCCc3ccccc32)c(Cl)cn1. The molecule has 0 fully saturated rings. The van der Waals surface area contributed by atoms with Crippen LogP contribution in [0.15, 0.2) is 36.5 Å². The molecule has 5 heteroatoms. The van der Waals surface area contributed by atoms with Gasteiger partial charge in [0, 0.05) is 18.4 Å². The van der Waals surface area contributed by atoms with Gasteiger partial charge in [-0.2, -0.15) is 0 Å². The van der Waals surface area contributed by atoms with Crippen molar-refractivity contribution in [2.24, 2.45) is 0 Å². The first kappa shape index (κ1) is 12.9. The Balaban J connectivity index is 2.02. The van der Waals surface area contributed by atoms with Crippen LogP contribution < -0.4 is 10.6 Å². The molecular formula is C15H14ClN3O. The number of nitrogens with two attached hydrogens (primary N) is 1. The first-order valence-corrected chi connectivity index (χ1v) is 6.85. The van der Waals surface area contributed by atoms with E-state index in [1.165, 1.54) is 17.8 Å². The summed E-state index contributed by atoms with van der Waals surface area (Å²) in [6, 6.07) is 9.47. The maximum atomic E-state index is 12.7. The number of carbonyl (C=O) groups excluding carboxylic acids is 1. The Morgan fingerprint density at radius 1 is 1.35 bits per heavy atom. The van der Waals surface area contributed by atoms with E-state index in [1.54, 1.807) is 4.90 Å². The summed E-state index contributed by atoms with van der Waals surface area (Å²) < 4.78 is 0. The molecule has 0 saturated carbocycles. The third-order valence-corrected chi connectivity index (χ3v) is 3.76. The third kappa shape index (κ3) is 2.23. The van der Waals surface area contributed by atoms with Crippen molar-refractivity contribution in [3.63, 3.8) is 0 Å². The maximum Gasteiger partial charge on any atom is 0.259 e.